The number of hydrogen-bond donors (Lipinski definition) is 2. The summed E-state index contributed by atoms with van der Waals surface area (Å²) in [4.78, 5) is 30.5. The number of nitrogens with one attached hydrogen (secondary N) is 1. The van der Waals surface area contributed by atoms with Gasteiger partial charge in [0, 0.05) is 18.5 Å². The van der Waals surface area contributed by atoms with Crippen LogP contribution in [0.15, 0.2) is 12.2 Å². The van der Waals surface area contributed by atoms with Gasteiger partial charge in [0.25, 0.3) is 0 Å². The van der Waals surface area contributed by atoms with Gasteiger partial charge in [-0.05, 0) is 13.3 Å². The van der Waals surface area contributed by atoms with Gasteiger partial charge in [-0.25, -0.2) is 9.78 Å². The second-order valence-electron chi connectivity index (χ2n) is 3.18. The quantitative estimate of drug-likeness (QED) is 0.261. The van der Waals surface area contributed by atoms with Crippen molar-refractivity contribution in [2.24, 2.45) is 0 Å². The lowest BCUT2D eigenvalue weighted by molar-refractivity contribution is -0.293. The molecule has 0 aromatic carbocycles. The van der Waals surface area contributed by atoms with E-state index in [0.717, 1.165) is 0 Å². The fourth-order valence-corrected chi connectivity index (χ4v) is 0.757. The molecule has 16 heavy (non-hydrogen) atoms. The van der Waals surface area contributed by atoms with Gasteiger partial charge in [-0.15, -0.1) is 0 Å². The second-order valence-corrected chi connectivity index (χ2v) is 3.18. The topological polar surface area (TPSA) is 84.9 Å². The average molecular weight is 231 g/mol. The van der Waals surface area contributed by atoms with Crippen molar-refractivity contribution in [2.45, 2.75) is 19.8 Å². The van der Waals surface area contributed by atoms with Crippen LogP contribution >= 0.6 is 0 Å². The number of hydrogen-bond acceptors (Lipinski definition) is 4. The molecule has 0 heterocycles. The molecule has 6 heteroatoms. The summed E-state index contributed by atoms with van der Waals surface area (Å²) in [7, 11) is 0. The molecule has 0 aromatic heterocycles. The van der Waals surface area contributed by atoms with Crippen molar-refractivity contribution < 1.29 is 24.5 Å². The van der Waals surface area contributed by atoms with Crippen LogP contribution < -0.4 is 5.32 Å². The third kappa shape index (κ3) is 9.17. The van der Waals surface area contributed by atoms with Crippen molar-refractivity contribution in [3.05, 3.63) is 12.2 Å². The van der Waals surface area contributed by atoms with Crippen LogP contribution in [0.4, 0.5) is 0 Å². The number of carbonyl (C=O) groups is 2. The average Bonchev–Trinajstić information content (AvgIpc) is 2.21. The Kier molecular flexibility index (Phi) is 8.10. The highest BCUT2D eigenvalue weighted by molar-refractivity contribution is 5.91. The SMILES string of the molecule is C=C(C)C(=O)NCCOOCCCC(=O)O. The number of carboxylic acid groups (broad SMARTS) is 1. The molecule has 0 spiro atoms. The zero-order valence-corrected chi connectivity index (χ0v) is 9.32. The molecule has 0 aliphatic heterocycles. The minimum Gasteiger partial charge on any atom is -0.481 e. The van der Waals surface area contributed by atoms with Crippen molar-refractivity contribution in [3.8, 4) is 0 Å². The summed E-state index contributed by atoms with van der Waals surface area (Å²) in [5.41, 5.74) is 0.433. The van der Waals surface area contributed by atoms with Gasteiger partial charge in [0.1, 0.15) is 0 Å². The highest BCUT2D eigenvalue weighted by atomic mass is 17.2. The predicted octanol–water partition coefficient (Wildman–Crippen LogP) is 0.492. The summed E-state index contributed by atoms with van der Waals surface area (Å²) in [6.07, 6.45) is 0.448. The van der Waals surface area contributed by atoms with E-state index in [2.05, 4.69) is 16.8 Å². The molecule has 1 amide bonds. The van der Waals surface area contributed by atoms with Crippen molar-refractivity contribution in [1.29, 1.82) is 0 Å². The Bertz CT molecular complexity index is 252. The van der Waals surface area contributed by atoms with E-state index < -0.39 is 5.97 Å². The molecular formula is C10H17NO5. The first-order valence-corrected chi connectivity index (χ1v) is 4.94. The third-order valence-electron chi connectivity index (χ3n) is 1.56. The molecule has 0 aromatic rings. The lowest BCUT2D eigenvalue weighted by Crippen LogP contribution is -2.27. The van der Waals surface area contributed by atoms with Crippen molar-refractivity contribution >= 4 is 11.9 Å². The van der Waals surface area contributed by atoms with E-state index in [4.69, 9.17) is 9.99 Å². The highest BCUT2D eigenvalue weighted by Gasteiger charge is 2.00. The Balaban J connectivity index is 3.19. The smallest absolute Gasteiger partial charge is 0.303 e. The van der Waals surface area contributed by atoms with E-state index in [9.17, 15) is 9.59 Å². The molecule has 0 rings (SSSR count). The lowest BCUT2D eigenvalue weighted by Gasteiger charge is -2.05. The van der Waals surface area contributed by atoms with Gasteiger partial charge in [0.05, 0.1) is 13.2 Å². The van der Waals surface area contributed by atoms with Crippen LogP contribution in [0.25, 0.3) is 0 Å². The third-order valence-corrected chi connectivity index (χ3v) is 1.56. The van der Waals surface area contributed by atoms with E-state index in [-0.39, 0.29) is 25.5 Å². The molecule has 0 aliphatic carbocycles. The Hall–Kier alpha value is -1.40. The Morgan fingerprint density at radius 1 is 1.31 bits per heavy atom. The number of rotatable bonds is 9. The summed E-state index contributed by atoms with van der Waals surface area (Å²) >= 11 is 0. The normalized spacial score (nSPS) is 9.81. The Morgan fingerprint density at radius 2 is 1.94 bits per heavy atom. The summed E-state index contributed by atoms with van der Waals surface area (Å²) in [6, 6.07) is 0. The largest absolute Gasteiger partial charge is 0.481 e. The van der Waals surface area contributed by atoms with Crippen LogP contribution in [0.2, 0.25) is 0 Å². The van der Waals surface area contributed by atoms with Crippen LogP contribution in [0.1, 0.15) is 19.8 Å². The number of aliphatic carboxylic acids is 1. The van der Waals surface area contributed by atoms with Gasteiger partial charge in [0.2, 0.25) is 5.91 Å². The van der Waals surface area contributed by atoms with E-state index in [1.807, 2.05) is 0 Å². The highest BCUT2D eigenvalue weighted by Crippen LogP contribution is 1.90. The minimum atomic E-state index is -0.864. The van der Waals surface area contributed by atoms with Crippen LogP contribution in [0.3, 0.4) is 0 Å². The molecule has 0 saturated carbocycles. The predicted molar refractivity (Wildman–Crippen MR) is 56.6 cm³/mol. The van der Waals surface area contributed by atoms with Crippen LogP contribution in [-0.4, -0.2) is 36.7 Å². The molecule has 92 valence electrons. The van der Waals surface area contributed by atoms with E-state index in [1.54, 1.807) is 6.92 Å². The molecular weight excluding hydrogens is 214 g/mol. The summed E-state index contributed by atoms with van der Waals surface area (Å²) in [6.45, 7) is 5.84. The minimum absolute atomic E-state index is 0.0513. The number of carboxylic acids is 1. The van der Waals surface area contributed by atoms with Crippen LogP contribution in [0.5, 0.6) is 0 Å². The maximum Gasteiger partial charge on any atom is 0.303 e. The number of amides is 1. The molecule has 6 nitrogen and oxygen atoms in total. The molecule has 0 saturated heterocycles. The Morgan fingerprint density at radius 3 is 2.50 bits per heavy atom. The van der Waals surface area contributed by atoms with Gasteiger partial charge >= 0.3 is 5.97 Å². The fourth-order valence-electron chi connectivity index (χ4n) is 0.757. The Labute approximate surface area is 94.2 Å². The second kappa shape index (κ2) is 8.87. The molecule has 0 aliphatic rings. The van der Waals surface area contributed by atoms with Crippen LogP contribution in [-0.2, 0) is 19.4 Å². The first kappa shape index (κ1) is 14.6. The van der Waals surface area contributed by atoms with Crippen molar-refractivity contribution in [1.82, 2.24) is 5.32 Å². The number of carbonyl (C=O) groups excluding carboxylic acids is 1. The molecule has 0 atom stereocenters. The van der Waals surface area contributed by atoms with Gasteiger partial charge in [0.15, 0.2) is 0 Å². The van der Waals surface area contributed by atoms with Gasteiger partial charge in [-0.2, -0.15) is 0 Å². The first-order chi connectivity index (χ1) is 7.54. The molecule has 0 radical (unpaired) electrons. The van der Waals surface area contributed by atoms with E-state index in [0.29, 0.717) is 18.5 Å². The summed E-state index contributed by atoms with van der Waals surface area (Å²) in [5, 5.41) is 10.9. The zero-order valence-electron chi connectivity index (χ0n) is 9.32. The zero-order chi connectivity index (χ0) is 12.4. The molecule has 2 N–H and O–H groups in total. The summed E-state index contributed by atoms with van der Waals surface area (Å²) in [5.74, 6) is -1.09. The van der Waals surface area contributed by atoms with Gasteiger partial charge in [-0.3, -0.25) is 9.59 Å². The molecule has 0 unspecified atom stereocenters. The van der Waals surface area contributed by atoms with E-state index >= 15 is 0 Å². The monoisotopic (exact) mass is 231 g/mol. The van der Waals surface area contributed by atoms with Crippen molar-refractivity contribution in [2.75, 3.05) is 19.8 Å². The van der Waals surface area contributed by atoms with Crippen LogP contribution in [0, 0.1) is 0 Å². The maximum absolute atomic E-state index is 11.0. The maximum atomic E-state index is 11.0. The lowest BCUT2D eigenvalue weighted by atomic mass is 10.3. The fraction of sp³-hybridized carbons (Fsp3) is 0.600. The summed E-state index contributed by atoms with van der Waals surface area (Å²) < 4.78 is 0. The van der Waals surface area contributed by atoms with Gasteiger partial charge < -0.3 is 10.4 Å². The first-order valence-electron chi connectivity index (χ1n) is 4.94. The van der Waals surface area contributed by atoms with Gasteiger partial charge in [-0.1, -0.05) is 6.58 Å². The molecule has 0 bridgehead atoms. The standard InChI is InChI=1S/C10H17NO5/c1-8(2)10(14)11-5-7-16-15-6-3-4-9(12)13/h1,3-7H2,2H3,(H,11,14)(H,12,13). The van der Waals surface area contributed by atoms with E-state index in [1.165, 1.54) is 0 Å². The molecule has 0 fully saturated rings. The van der Waals surface area contributed by atoms with Crippen molar-refractivity contribution in [3.63, 3.8) is 0 Å².